The molecule has 0 bridgehead atoms. The van der Waals surface area contributed by atoms with E-state index in [0.717, 1.165) is 38.3 Å². The Labute approximate surface area is 131 Å². The van der Waals surface area contributed by atoms with Crippen LogP contribution in [0.3, 0.4) is 0 Å². The molecule has 1 radical (unpaired) electrons. The second-order valence-electron chi connectivity index (χ2n) is 5.38. The fourth-order valence-electron chi connectivity index (χ4n) is 3.18. The first-order chi connectivity index (χ1) is 11.4. The van der Waals surface area contributed by atoms with Gasteiger partial charge in [0.15, 0.2) is 5.58 Å². The van der Waals surface area contributed by atoms with Gasteiger partial charge in [-0.3, -0.25) is 0 Å². The fraction of sp³-hybridized carbons (Fsp3) is 0. The molecule has 1 N–H and O–H groups in total. The molecule has 2 heterocycles. The summed E-state index contributed by atoms with van der Waals surface area (Å²) in [5.74, 6) is 0.456. The lowest BCUT2D eigenvalue weighted by Crippen LogP contribution is -1.99. The van der Waals surface area contributed by atoms with Crippen molar-refractivity contribution in [3.63, 3.8) is 0 Å². The number of benzene rings is 3. The molecule has 0 aliphatic rings. The maximum absolute atomic E-state index is 9.08. The Kier molecular flexibility index (Phi) is 2.49. The largest absolute Gasteiger partial charge is 0.569 e. The van der Waals surface area contributed by atoms with Gasteiger partial charge in [-0.1, -0.05) is 36.4 Å². The van der Waals surface area contributed by atoms with E-state index in [-0.39, 0.29) is 0 Å². The molecule has 0 aliphatic heterocycles. The molecule has 23 heavy (non-hydrogen) atoms. The van der Waals surface area contributed by atoms with Crippen LogP contribution in [-0.2, 0) is 0 Å². The molecule has 3 aromatic carbocycles. The molecule has 5 aromatic rings. The van der Waals surface area contributed by atoms with E-state index in [1.165, 1.54) is 0 Å². The summed E-state index contributed by atoms with van der Waals surface area (Å²) in [6.07, 6.45) is 0. The third-order valence-corrected chi connectivity index (χ3v) is 4.14. The van der Waals surface area contributed by atoms with E-state index in [9.17, 15) is 0 Å². The molecule has 5 rings (SSSR count). The van der Waals surface area contributed by atoms with Crippen LogP contribution in [0.2, 0.25) is 0 Å². The van der Waals surface area contributed by atoms with Crippen molar-refractivity contribution in [2.45, 2.75) is 0 Å². The van der Waals surface area contributed by atoms with Crippen LogP contribution in [0.5, 0.6) is 5.75 Å². The highest BCUT2D eigenvalue weighted by atomic mass is 16.5. The standard InChI is InChI=1S/C18H10BO4/c20-19-23-15-9-12-10-5-1-3-7-13(10)21-17(12)16-11-6-2-4-8-14(11)22-18(15)16/h1-9,20H. The molecule has 0 fully saturated rings. The minimum atomic E-state index is 0.456. The van der Waals surface area contributed by atoms with E-state index < -0.39 is 0 Å². The van der Waals surface area contributed by atoms with Gasteiger partial charge in [0.1, 0.15) is 22.5 Å². The zero-order chi connectivity index (χ0) is 15.4. The maximum Gasteiger partial charge on any atom is 0.569 e. The van der Waals surface area contributed by atoms with Crippen LogP contribution in [0.15, 0.2) is 63.4 Å². The van der Waals surface area contributed by atoms with Crippen LogP contribution >= 0.6 is 0 Å². The van der Waals surface area contributed by atoms with Gasteiger partial charge in [-0.15, -0.1) is 0 Å². The Morgan fingerprint density at radius 1 is 0.783 bits per heavy atom. The SMILES string of the molecule is O[B]Oc1cc2c3ccccc3oc2c2c1oc1ccccc12. The van der Waals surface area contributed by atoms with Gasteiger partial charge in [0, 0.05) is 16.2 Å². The van der Waals surface area contributed by atoms with Crippen LogP contribution in [-0.4, -0.2) is 12.7 Å². The lowest BCUT2D eigenvalue weighted by atomic mass is 10.1. The summed E-state index contributed by atoms with van der Waals surface area (Å²) < 4.78 is 17.3. The van der Waals surface area contributed by atoms with Gasteiger partial charge >= 0.3 is 7.69 Å². The first kappa shape index (κ1) is 12.6. The summed E-state index contributed by atoms with van der Waals surface area (Å²) in [5.41, 5.74) is 2.87. The van der Waals surface area contributed by atoms with Crippen molar-refractivity contribution in [2.75, 3.05) is 0 Å². The van der Waals surface area contributed by atoms with Gasteiger partial charge in [-0.2, -0.15) is 0 Å². The third-order valence-electron chi connectivity index (χ3n) is 4.14. The normalized spacial score (nSPS) is 11.7. The van der Waals surface area contributed by atoms with Crippen molar-refractivity contribution in [3.05, 3.63) is 54.6 Å². The third kappa shape index (κ3) is 1.65. The summed E-state index contributed by atoms with van der Waals surface area (Å²) in [5, 5.41) is 12.8. The van der Waals surface area contributed by atoms with Crippen molar-refractivity contribution < 1.29 is 18.5 Å². The molecular weight excluding hydrogens is 291 g/mol. The Morgan fingerprint density at radius 3 is 2.22 bits per heavy atom. The molecule has 0 unspecified atom stereocenters. The number of rotatable bonds is 2. The van der Waals surface area contributed by atoms with E-state index in [2.05, 4.69) is 0 Å². The average Bonchev–Trinajstić information content (AvgIpc) is 3.13. The molecule has 4 nitrogen and oxygen atoms in total. The fourth-order valence-corrected chi connectivity index (χ4v) is 3.18. The second kappa shape index (κ2) is 4.54. The van der Waals surface area contributed by atoms with Crippen LogP contribution in [0.4, 0.5) is 0 Å². The number of para-hydroxylation sites is 2. The highest BCUT2D eigenvalue weighted by Gasteiger charge is 2.20. The first-order valence-electron chi connectivity index (χ1n) is 7.25. The van der Waals surface area contributed by atoms with E-state index in [4.69, 9.17) is 18.5 Å². The van der Waals surface area contributed by atoms with Gasteiger partial charge in [0.05, 0.1) is 5.39 Å². The zero-order valence-corrected chi connectivity index (χ0v) is 11.9. The van der Waals surface area contributed by atoms with Gasteiger partial charge in [-0.05, 0) is 18.2 Å². The number of furan rings is 2. The number of fused-ring (bicyclic) bond motifs is 7. The number of hydrogen-bond acceptors (Lipinski definition) is 4. The molecule has 0 aliphatic carbocycles. The summed E-state index contributed by atoms with van der Waals surface area (Å²) in [7, 11) is 0.663. The van der Waals surface area contributed by atoms with Crippen molar-refractivity contribution in [1.29, 1.82) is 0 Å². The number of hydrogen-bond donors (Lipinski definition) is 1. The van der Waals surface area contributed by atoms with E-state index in [0.29, 0.717) is 19.0 Å². The smallest absolute Gasteiger partial charge is 0.535 e. The van der Waals surface area contributed by atoms with Crippen molar-refractivity contribution in [2.24, 2.45) is 0 Å². The monoisotopic (exact) mass is 301 g/mol. The molecule has 0 atom stereocenters. The van der Waals surface area contributed by atoms with E-state index >= 15 is 0 Å². The predicted molar refractivity (Wildman–Crippen MR) is 89.6 cm³/mol. The van der Waals surface area contributed by atoms with Gasteiger partial charge in [0.2, 0.25) is 0 Å². The highest BCUT2D eigenvalue weighted by molar-refractivity contribution is 6.25. The lowest BCUT2D eigenvalue weighted by Gasteiger charge is -2.02. The van der Waals surface area contributed by atoms with Crippen molar-refractivity contribution in [3.8, 4) is 5.75 Å². The molecule has 5 heteroatoms. The highest BCUT2D eigenvalue weighted by Crippen LogP contribution is 2.43. The van der Waals surface area contributed by atoms with Crippen LogP contribution in [0.25, 0.3) is 43.9 Å². The summed E-state index contributed by atoms with van der Waals surface area (Å²) in [6.45, 7) is 0. The molecule has 109 valence electrons. The molecule has 2 aromatic heterocycles. The Bertz CT molecular complexity index is 1190. The quantitative estimate of drug-likeness (QED) is 0.491. The molecule has 0 amide bonds. The Balaban J connectivity index is 2.08. The molecule has 0 spiro atoms. The van der Waals surface area contributed by atoms with Gasteiger partial charge in [-0.25, -0.2) is 0 Å². The topological polar surface area (TPSA) is 55.7 Å². The van der Waals surface area contributed by atoms with Crippen molar-refractivity contribution >= 4 is 51.6 Å². The van der Waals surface area contributed by atoms with E-state index in [1.54, 1.807) is 0 Å². The average molecular weight is 301 g/mol. The lowest BCUT2D eigenvalue weighted by molar-refractivity contribution is 0.451. The van der Waals surface area contributed by atoms with Gasteiger partial charge < -0.3 is 18.5 Å². The zero-order valence-electron chi connectivity index (χ0n) is 11.9. The maximum atomic E-state index is 9.08. The second-order valence-corrected chi connectivity index (χ2v) is 5.38. The minimum Gasteiger partial charge on any atom is -0.535 e. The van der Waals surface area contributed by atoms with Gasteiger partial charge in [0.25, 0.3) is 0 Å². The minimum absolute atomic E-state index is 0.456. The molecule has 0 saturated carbocycles. The van der Waals surface area contributed by atoms with Crippen LogP contribution in [0.1, 0.15) is 0 Å². The summed E-state index contributed by atoms with van der Waals surface area (Å²) >= 11 is 0. The first-order valence-corrected chi connectivity index (χ1v) is 7.25. The summed E-state index contributed by atoms with van der Waals surface area (Å²) in [6, 6.07) is 17.4. The predicted octanol–water partition coefficient (Wildman–Crippen LogP) is 4.39. The Morgan fingerprint density at radius 2 is 1.43 bits per heavy atom. The Hall–Kier alpha value is -2.92. The van der Waals surface area contributed by atoms with Crippen LogP contribution < -0.4 is 4.65 Å². The summed E-state index contributed by atoms with van der Waals surface area (Å²) in [4.78, 5) is 0. The molecular formula is C18H10BO4. The van der Waals surface area contributed by atoms with Crippen molar-refractivity contribution in [1.82, 2.24) is 0 Å². The van der Waals surface area contributed by atoms with E-state index in [1.807, 2.05) is 54.6 Å². The molecule has 0 saturated heterocycles. The van der Waals surface area contributed by atoms with Crippen LogP contribution in [0, 0.1) is 0 Å².